The number of nitrogen functional groups attached to an aromatic ring is 1. The van der Waals surface area contributed by atoms with Crippen molar-refractivity contribution >= 4 is 21.7 Å². The third-order valence-corrected chi connectivity index (χ3v) is 3.92. The fourth-order valence-corrected chi connectivity index (χ4v) is 2.78. The van der Waals surface area contributed by atoms with Gasteiger partial charge in [0, 0.05) is 15.6 Å². The average Bonchev–Trinajstić information content (AvgIpc) is 2.55. The average molecular weight is 351 g/mol. The highest BCUT2D eigenvalue weighted by Gasteiger charge is 2.17. The van der Waals surface area contributed by atoms with Crippen molar-refractivity contribution in [3.8, 4) is 28.5 Å². The predicted octanol–water partition coefficient (Wildman–Crippen LogP) is 4.05. The van der Waals surface area contributed by atoms with Gasteiger partial charge in [-0.25, -0.2) is 4.98 Å². The normalized spacial score (nSPS) is 10.2. The van der Waals surface area contributed by atoms with Crippen LogP contribution in [0.15, 0.2) is 65.1 Å². The Hall–Kier alpha value is -2.64. The van der Waals surface area contributed by atoms with E-state index < -0.39 is 0 Å². The van der Waals surface area contributed by atoms with E-state index >= 15 is 0 Å². The van der Waals surface area contributed by atoms with Crippen LogP contribution in [0.5, 0.6) is 0 Å². The summed E-state index contributed by atoms with van der Waals surface area (Å²) in [7, 11) is 0. The number of aromatic nitrogens is 1. The molecule has 0 aliphatic rings. The molecule has 2 aromatic carbocycles. The van der Waals surface area contributed by atoms with Crippen LogP contribution in [0.25, 0.3) is 22.4 Å². The lowest BCUT2D eigenvalue weighted by atomic mass is 9.98. The molecular formula is C18H13BrN3+. The van der Waals surface area contributed by atoms with Crippen molar-refractivity contribution in [3.63, 3.8) is 0 Å². The lowest BCUT2D eigenvalue weighted by molar-refractivity contribution is -0.346. The molecule has 0 amide bonds. The van der Waals surface area contributed by atoms with Crippen LogP contribution in [0, 0.1) is 11.3 Å². The van der Waals surface area contributed by atoms with E-state index in [9.17, 15) is 5.26 Å². The second-order valence-corrected chi connectivity index (χ2v) is 5.79. The van der Waals surface area contributed by atoms with E-state index in [1.54, 1.807) is 0 Å². The van der Waals surface area contributed by atoms with E-state index in [4.69, 9.17) is 5.73 Å². The summed E-state index contributed by atoms with van der Waals surface area (Å²) in [6.07, 6.45) is 0. The standard InChI is InChI=1S/C18H12BrN3/c19-14-8-4-7-13(9-14)17-10-15(12-5-2-1-3-6-12)16(11-20)18(21)22-17/h1-10H,(H2,21,22)/p+1. The molecule has 1 heterocycles. The molecule has 4 heteroatoms. The quantitative estimate of drug-likeness (QED) is 0.757. The summed E-state index contributed by atoms with van der Waals surface area (Å²) in [5.41, 5.74) is 10.2. The van der Waals surface area contributed by atoms with E-state index in [0.717, 1.165) is 26.9 Å². The highest BCUT2D eigenvalue weighted by molar-refractivity contribution is 9.10. The topological polar surface area (TPSA) is 64.0 Å². The zero-order valence-electron chi connectivity index (χ0n) is 11.7. The van der Waals surface area contributed by atoms with E-state index in [2.05, 4.69) is 27.0 Å². The Kier molecular flexibility index (Phi) is 3.90. The molecule has 3 aromatic rings. The molecule has 0 radical (unpaired) electrons. The summed E-state index contributed by atoms with van der Waals surface area (Å²) in [6, 6.07) is 21.9. The highest BCUT2D eigenvalue weighted by Crippen LogP contribution is 2.29. The molecular weight excluding hydrogens is 338 g/mol. The molecule has 0 unspecified atom stereocenters. The molecule has 0 fully saturated rings. The van der Waals surface area contributed by atoms with Crippen LogP contribution in [0.3, 0.4) is 0 Å². The summed E-state index contributed by atoms with van der Waals surface area (Å²) < 4.78 is 0.989. The fraction of sp³-hybridized carbons (Fsp3) is 0. The number of nitrogens with two attached hydrogens (primary N) is 1. The largest absolute Gasteiger partial charge is 0.289 e. The number of halogens is 1. The molecule has 1 aromatic heterocycles. The lowest BCUT2D eigenvalue weighted by Gasteiger charge is -2.07. The Morgan fingerprint density at radius 2 is 1.68 bits per heavy atom. The Balaban J connectivity index is 2.24. The minimum Gasteiger partial charge on any atom is -0.286 e. The zero-order chi connectivity index (χ0) is 15.5. The number of H-pyrrole nitrogens is 1. The van der Waals surface area contributed by atoms with Gasteiger partial charge in [0.2, 0.25) is 0 Å². The number of anilines is 1. The summed E-state index contributed by atoms with van der Waals surface area (Å²) >= 11 is 3.47. The van der Waals surface area contributed by atoms with E-state index in [1.165, 1.54) is 0 Å². The maximum absolute atomic E-state index is 9.41. The minimum absolute atomic E-state index is 0.374. The molecule has 3 nitrogen and oxygen atoms in total. The van der Waals surface area contributed by atoms with Gasteiger partial charge in [-0.05, 0) is 23.8 Å². The van der Waals surface area contributed by atoms with Crippen LogP contribution in [0.4, 0.5) is 5.82 Å². The Bertz CT molecular complexity index is 867. The van der Waals surface area contributed by atoms with Crippen LogP contribution in [-0.2, 0) is 0 Å². The van der Waals surface area contributed by atoms with Gasteiger partial charge in [0.25, 0.3) is 5.82 Å². The smallest absolute Gasteiger partial charge is 0.286 e. The van der Waals surface area contributed by atoms with Gasteiger partial charge in [0.05, 0.1) is 0 Å². The van der Waals surface area contributed by atoms with Crippen LogP contribution in [0.1, 0.15) is 5.56 Å². The first kappa shape index (κ1) is 14.3. The van der Waals surface area contributed by atoms with E-state index in [-0.39, 0.29) is 0 Å². The fourth-order valence-electron chi connectivity index (χ4n) is 2.38. The minimum atomic E-state index is 0.374. The van der Waals surface area contributed by atoms with Gasteiger partial charge in [-0.3, -0.25) is 5.73 Å². The van der Waals surface area contributed by atoms with Gasteiger partial charge in [0.1, 0.15) is 17.3 Å². The molecule has 3 N–H and O–H groups in total. The van der Waals surface area contributed by atoms with Gasteiger partial charge in [-0.15, -0.1) is 0 Å². The molecule has 0 aliphatic heterocycles. The van der Waals surface area contributed by atoms with Crippen molar-refractivity contribution in [1.82, 2.24) is 0 Å². The first-order valence-corrected chi connectivity index (χ1v) is 7.55. The van der Waals surface area contributed by atoms with Crippen LogP contribution < -0.4 is 10.7 Å². The lowest BCUT2D eigenvalue weighted by Crippen LogP contribution is -2.16. The second kappa shape index (κ2) is 6.00. The third kappa shape index (κ3) is 2.72. The molecule has 0 aliphatic carbocycles. The Morgan fingerprint density at radius 3 is 2.36 bits per heavy atom. The number of aromatic amines is 1. The summed E-state index contributed by atoms with van der Waals surface area (Å²) in [5.74, 6) is 0.374. The Labute approximate surface area is 137 Å². The molecule has 106 valence electrons. The van der Waals surface area contributed by atoms with Gasteiger partial charge >= 0.3 is 0 Å². The molecule has 0 saturated heterocycles. The van der Waals surface area contributed by atoms with Crippen molar-refractivity contribution in [2.24, 2.45) is 0 Å². The summed E-state index contributed by atoms with van der Waals surface area (Å²) in [6.45, 7) is 0. The molecule has 0 spiro atoms. The van der Waals surface area contributed by atoms with Gasteiger partial charge in [-0.1, -0.05) is 58.4 Å². The number of rotatable bonds is 2. The number of nitrogens with zero attached hydrogens (tertiary/aromatic N) is 1. The molecule has 0 bridgehead atoms. The van der Waals surface area contributed by atoms with Gasteiger partial charge < -0.3 is 0 Å². The first-order chi connectivity index (χ1) is 10.7. The van der Waals surface area contributed by atoms with Crippen molar-refractivity contribution in [1.29, 1.82) is 5.26 Å². The van der Waals surface area contributed by atoms with Gasteiger partial charge in [0.15, 0.2) is 0 Å². The van der Waals surface area contributed by atoms with Crippen molar-refractivity contribution in [3.05, 3.63) is 70.7 Å². The summed E-state index contributed by atoms with van der Waals surface area (Å²) in [5, 5.41) is 9.41. The SMILES string of the molecule is N#Cc1c(-c2ccccc2)cc(-c2cccc(Br)c2)[nH+]c1N. The van der Waals surface area contributed by atoms with Gasteiger partial charge in [-0.2, -0.15) is 5.26 Å². The predicted molar refractivity (Wildman–Crippen MR) is 90.7 cm³/mol. The van der Waals surface area contributed by atoms with Crippen LogP contribution in [0.2, 0.25) is 0 Å². The number of nitrogens with one attached hydrogen (secondary N) is 1. The number of hydrogen-bond acceptors (Lipinski definition) is 2. The maximum Gasteiger partial charge on any atom is 0.289 e. The van der Waals surface area contributed by atoms with Crippen molar-refractivity contribution in [2.75, 3.05) is 5.73 Å². The van der Waals surface area contributed by atoms with E-state index in [0.29, 0.717) is 11.4 Å². The number of benzene rings is 2. The highest BCUT2D eigenvalue weighted by atomic mass is 79.9. The first-order valence-electron chi connectivity index (χ1n) is 6.76. The number of pyridine rings is 1. The van der Waals surface area contributed by atoms with Crippen molar-refractivity contribution in [2.45, 2.75) is 0 Å². The second-order valence-electron chi connectivity index (χ2n) is 4.87. The number of nitriles is 1. The van der Waals surface area contributed by atoms with Crippen LogP contribution >= 0.6 is 15.9 Å². The number of hydrogen-bond donors (Lipinski definition) is 1. The monoisotopic (exact) mass is 350 g/mol. The third-order valence-electron chi connectivity index (χ3n) is 3.43. The van der Waals surface area contributed by atoms with Crippen molar-refractivity contribution < 1.29 is 4.98 Å². The molecule has 0 saturated carbocycles. The van der Waals surface area contributed by atoms with E-state index in [1.807, 2.05) is 60.7 Å². The molecule has 3 rings (SSSR count). The zero-order valence-corrected chi connectivity index (χ0v) is 13.3. The molecule has 22 heavy (non-hydrogen) atoms. The Morgan fingerprint density at radius 1 is 0.955 bits per heavy atom. The molecule has 0 atom stereocenters. The summed E-state index contributed by atoms with van der Waals surface area (Å²) in [4.78, 5) is 3.11. The van der Waals surface area contributed by atoms with Crippen LogP contribution in [-0.4, -0.2) is 0 Å². The maximum atomic E-state index is 9.41.